The zero-order valence-corrected chi connectivity index (χ0v) is 19.4. The van der Waals surface area contributed by atoms with Gasteiger partial charge in [-0.05, 0) is 62.2 Å². The number of amides is 1. The summed E-state index contributed by atoms with van der Waals surface area (Å²) < 4.78 is 33.8. The first-order valence-electron chi connectivity index (χ1n) is 10.2. The molecule has 2 N–H and O–H groups in total. The molecule has 0 atom stereocenters. The first-order valence-corrected chi connectivity index (χ1v) is 12.1. The fourth-order valence-corrected chi connectivity index (χ4v) is 4.99. The molecule has 1 aliphatic heterocycles. The molecule has 0 unspecified atom stereocenters. The zero-order valence-electron chi connectivity index (χ0n) is 17.8. The Morgan fingerprint density at radius 3 is 2.65 bits per heavy atom. The minimum Gasteiger partial charge on any atom is -0.379 e. The van der Waals surface area contributed by atoms with Crippen molar-refractivity contribution in [1.29, 1.82) is 0 Å². The largest absolute Gasteiger partial charge is 0.379 e. The molecule has 0 saturated carbocycles. The molecule has 3 rings (SSSR count). The molecule has 0 aromatic heterocycles. The van der Waals surface area contributed by atoms with Crippen molar-refractivity contribution >= 4 is 33.2 Å². The third kappa shape index (κ3) is 6.20. The van der Waals surface area contributed by atoms with Gasteiger partial charge in [-0.2, -0.15) is 0 Å². The van der Waals surface area contributed by atoms with E-state index < -0.39 is 10.0 Å². The van der Waals surface area contributed by atoms with Crippen LogP contribution in [0, 0.1) is 13.8 Å². The molecular weight excluding hydrogens is 438 g/mol. The molecule has 1 heterocycles. The van der Waals surface area contributed by atoms with Crippen LogP contribution >= 0.6 is 11.6 Å². The minimum absolute atomic E-state index is 0.0571. The number of hydrogen-bond donors (Lipinski definition) is 2. The smallest absolute Gasteiger partial charge is 0.263 e. The quantitative estimate of drug-likeness (QED) is 0.584. The normalized spacial score (nSPS) is 14.9. The van der Waals surface area contributed by atoms with E-state index in [1.54, 1.807) is 12.1 Å². The van der Waals surface area contributed by atoms with Gasteiger partial charge in [-0.1, -0.05) is 23.7 Å². The van der Waals surface area contributed by atoms with Crippen molar-refractivity contribution in [2.75, 3.05) is 44.1 Å². The number of rotatable bonds is 8. The average Bonchev–Trinajstić information content (AvgIpc) is 2.75. The van der Waals surface area contributed by atoms with E-state index in [4.69, 9.17) is 16.3 Å². The van der Waals surface area contributed by atoms with E-state index in [1.807, 2.05) is 19.9 Å². The molecule has 0 bridgehead atoms. The first kappa shape index (κ1) is 23.5. The van der Waals surface area contributed by atoms with Gasteiger partial charge in [0.2, 0.25) is 0 Å². The zero-order chi connectivity index (χ0) is 22.4. The van der Waals surface area contributed by atoms with Crippen molar-refractivity contribution < 1.29 is 17.9 Å². The summed E-state index contributed by atoms with van der Waals surface area (Å²) in [4.78, 5) is 14.7. The Bertz CT molecular complexity index is 1040. The number of nitrogens with one attached hydrogen (secondary N) is 2. The molecule has 0 radical (unpaired) electrons. The van der Waals surface area contributed by atoms with Crippen molar-refractivity contribution in [3.8, 4) is 0 Å². The van der Waals surface area contributed by atoms with E-state index in [-0.39, 0.29) is 21.4 Å². The van der Waals surface area contributed by atoms with Crippen LogP contribution in [0.1, 0.15) is 27.9 Å². The van der Waals surface area contributed by atoms with Crippen LogP contribution in [0.25, 0.3) is 0 Å². The van der Waals surface area contributed by atoms with Crippen molar-refractivity contribution in [2.24, 2.45) is 0 Å². The number of carbonyl (C=O) groups is 1. The molecule has 9 heteroatoms. The number of aryl methyl sites for hydroxylation is 1. The van der Waals surface area contributed by atoms with Crippen LogP contribution in [-0.4, -0.2) is 58.6 Å². The third-order valence-electron chi connectivity index (χ3n) is 5.37. The Morgan fingerprint density at radius 1 is 1.16 bits per heavy atom. The van der Waals surface area contributed by atoms with Gasteiger partial charge < -0.3 is 10.1 Å². The fourth-order valence-electron chi connectivity index (χ4n) is 3.34. The number of ether oxygens (including phenoxy) is 1. The van der Waals surface area contributed by atoms with Crippen molar-refractivity contribution in [2.45, 2.75) is 25.2 Å². The number of anilines is 1. The highest BCUT2D eigenvalue weighted by Gasteiger charge is 2.21. The summed E-state index contributed by atoms with van der Waals surface area (Å²) in [6.07, 6.45) is 0.804. The van der Waals surface area contributed by atoms with Crippen molar-refractivity contribution in [3.63, 3.8) is 0 Å². The van der Waals surface area contributed by atoms with Gasteiger partial charge in [-0.15, -0.1) is 0 Å². The maximum absolute atomic E-state index is 13.0. The van der Waals surface area contributed by atoms with E-state index in [1.165, 1.54) is 18.2 Å². The molecule has 2 aromatic rings. The van der Waals surface area contributed by atoms with E-state index in [2.05, 4.69) is 14.9 Å². The molecule has 7 nitrogen and oxygen atoms in total. The van der Waals surface area contributed by atoms with Gasteiger partial charge in [0.1, 0.15) is 4.90 Å². The lowest BCUT2D eigenvalue weighted by Crippen LogP contribution is -2.38. The number of sulfonamides is 1. The Kier molecular flexibility index (Phi) is 7.94. The second-order valence-corrected chi connectivity index (χ2v) is 9.62. The average molecular weight is 466 g/mol. The van der Waals surface area contributed by atoms with Crippen molar-refractivity contribution in [1.82, 2.24) is 10.2 Å². The highest BCUT2D eigenvalue weighted by molar-refractivity contribution is 7.92. The second-order valence-electron chi connectivity index (χ2n) is 7.56. The molecule has 168 valence electrons. The van der Waals surface area contributed by atoms with E-state index in [0.29, 0.717) is 12.2 Å². The summed E-state index contributed by atoms with van der Waals surface area (Å²) in [5, 5.41) is 2.90. The van der Waals surface area contributed by atoms with Gasteiger partial charge in [0.25, 0.3) is 15.9 Å². The van der Waals surface area contributed by atoms with Crippen LogP contribution in [0.4, 0.5) is 5.69 Å². The summed E-state index contributed by atoms with van der Waals surface area (Å²) in [6, 6.07) is 9.65. The molecule has 2 aromatic carbocycles. The Hall–Kier alpha value is -2.13. The molecule has 0 spiro atoms. The summed E-state index contributed by atoms with van der Waals surface area (Å²) in [5.74, 6) is -0.332. The summed E-state index contributed by atoms with van der Waals surface area (Å²) >= 11 is 6.17. The Balaban J connectivity index is 1.65. The third-order valence-corrected chi connectivity index (χ3v) is 7.22. The number of nitrogens with zero attached hydrogens (tertiary/aromatic N) is 1. The van der Waals surface area contributed by atoms with Gasteiger partial charge in [-0.25, -0.2) is 8.42 Å². The number of benzene rings is 2. The predicted molar refractivity (Wildman–Crippen MR) is 122 cm³/mol. The van der Waals surface area contributed by atoms with Crippen LogP contribution in [0.15, 0.2) is 41.3 Å². The maximum atomic E-state index is 13.0. The fraction of sp³-hybridized carbons (Fsp3) is 0.409. The van der Waals surface area contributed by atoms with Gasteiger partial charge in [-0.3, -0.25) is 14.4 Å². The maximum Gasteiger partial charge on any atom is 0.263 e. The van der Waals surface area contributed by atoms with E-state index in [0.717, 1.165) is 50.4 Å². The summed E-state index contributed by atoms with van der Waals surface area (Å²) in [5.41, 5.74) is 2.53. The molecule has 0 aliphatic carbocycles. The monoisotopic (exact) mass is 465 g/mol. The second kappa shape index (κ2) is 10.5. The van der Waals surface area contributed by atoms with Gasteiger partial charge >= 0.3 is 0 Å². The van der Waals surface area contributed by atoms with Gasteiger partial charge in [0.05, 0.1) is 23.9 Å². The summed E-state index contributed by atoms with van der Waals surface area (Å²) in [6.45, 7) is 8.42. The molecule has 31 heavy (non-hydrogen) atoms. The summed E-state index contributed by atoms with van der Waals surface area (Å²) in [7, 11) is -3.96. The predicted octanol–water partition coefficient (Wildman–Crippen LogP) is 3.21. The Morgan fingerprint density at radius 2 is 1.90 bits per heavy atom. The number of halogens is 1. The number of hydrogen-bond acceptors (Lipinski definition) is 5. The van der Waals surface area contributed by atoms with Crippen LogP contribution in [0.3, 0.4) is 0 Å². The molecular formula is C22H28ClN3O4S. The van der Waals surface area contributed by atoms with Crippen molar-refractivity contribution in [3.05, 3.63) is 58.1 Å². The van der Waals surface area contributed by atoms with Crippen LogP contribution in [0.2, 0.25) is 5.02 Å². The molecule has 1 saturated heterocycles. The van der Waals surface area contributed by atoms with Gasteiger partial charge in [0.15, 0.2) is 0 Å². The van der Waals surface area contributed by atoms with Crippen LogP contribution < -0.4 is 10.0 Å². The SMILES string of the molecule is Cc1cccc(NS(=O)(=O)c2cc(C(=O)NCCCN3CCOCC3)ccc2Cl)c1C. The lowest BCUT2D eigenvalue weighted by atomic mass is 10.1. The first-order chi connectivity index (χ1) is 14.8. The minimum atomic E-state index is -3.96. The topological polar surface area (TPSA) is 87.7 Å². The Labute approximate surface area is 188 Å². The molecule has 1 aliphatic rings. The van der Waals surface area contributed by atoms with E-state index in [9.17, 15) is 13.2 Å². The highest BCUT2D eigenvalue weighted by atomic mass is 35.5. The van der Waals surface area contributed by atoms with Crippen LogP contribution in [0.5, 0.6) is 0 Å². The highest BCUT2D eigenvalue weighted by Crippen LogP contribution is 2.27. The molecule has 1 fully saturated rings. The molecule has 1 amide bonds. The van der Waals surface area contributed by atoms with Gasteiger partial charge in [0, 0.05) is 25.2 Å². The van der Waals surface area contributed by atoms with E-state index >= 15 is 0 Å². The lowest BCUT2D eigenvalue weighted by Gasteiger charge is -2.26. The standard InChI is InChI=1S/C22H28ClN3O4S/c1-16-5-3-6-20(17(16)2)25-31(28,29)21-15-18(7-8-19(21)23)22(27)24-9-4-10-26-11-13-30-14-12-26/h3,5-8,15,25H,4,9-14H2,1-2H3,(H,24,27). The number of morpholine rings is 1. The lowest BCUT2D eigenvalue weighted by molar-refractivity contribution is 0.0374. The van der Waals surface area contributed by atoms with Crippen LogP contribution in [-0.2, 0) is 14.8 Å². The number of carbonyl (C=O) groups excluding carboxylic acids is 1.